The summed E-state index contributed by atoms with van der Waals surface area (Å²) in [6, 6.07) is 5.99. The van der Waals surface area contributed by atoms with E-state index in [9.17, 15) is 14.0 Å². The van der Waals surface area contributed by atoms with Crippen molar-refractivity contribution < 1.29 is 13.9 Å². The van der Waals surface area contributed by atoms with Crippen molar-refractivity contribution in [2.75, 3.05) is 26.7 Å². The number of aromatic amines is 1. The molecule has 0 unspecified atom stereocenters. The molecule has 0 bridgehead atoms. The van der Waals surface area contributed by atoms with Gasteiger partial charge in [-0.3, -0.25) is 9.69 Å². The minimum Gasteiger partial charge on any atom is -0.439 e. The normalized spacial score (nSPS) is 24.2. The number of rotatable bonds is 2. The van der Waals surface area contributed by atoms with Gasteiger partial charge in [0.25, 0.3) is 0 Å². The first kappa shape index (κ1) is 15.1. The highest BCUT2D eigenvalue weighted by Crippen LogP contribution is 2.32. The van der Waals surface area contributed by atoms with E-state index >= 15 is 0 Å². The van der Waals surface area contributed by atoms with E-state index < -0.39 is 11.4 Å². The highest BCUT2D eigenvalue weighted by atomic mass is 19.1. The minimum absolute atomic E-state index is 0.195. The lowest BCUT2D eigenvalue weighted by Crippen LogP contribution is -2.37. The van der Waals surface area contributed by atoms with Crippen LogP contribution >= 0.6 is 0 Å². The number of H-pyrrole nitrogens is 1. The molecule has 1 N–H and O–H groups in total. The van der Waals surface area contributed by atoms with Crippen molar-refractivity contribution in [3.63, 3.8) is 0 Å². The zero-order valence-corrected chi connectivity index (χ0v) is 13.3. The molecule has 1 amide bonds. The lowest BCUT2D eigenvalue weighted by Gasteiger charge is -2.21. The molecule has 2 aliphatic heterocycles. The Morgan fingerprint density at radius 2 is 2.17 bits per heavy atom. The summed E-state index contributed by atoms with van der Waals surface area (Å²) in [4.78, 5) is 30.5. The van der Waals surface area contributed by atoms with Gasteiger partial charge in [0.2, 0.25) is 0 Å². The predicted molar refractivity (Wildman–Crippen MR) is 86.3 cm³/mol. The van der Waals surface area contributed by atoms with Gasteiger partial charge in [0.15, 0.2) is 5.43 Å². The average Bonchev–Trinajstić information content (AvgIpc) is 3.03. The molecule has 0 aliphatic carbocycles. The molecule has 126 valence electrons. The van der Waals surface area contributed by atoms with Crippen molar-refractivity contribution in [1.29, 1.82) is 0 Å². The van der Waals surface area contributed by atoms with Crippen molar-refractivity contribution >= 4 is 17.0 Å². The topological polar surface area (TPSA) is 65.6 Å². The number of hydrogen-bond donors (Lipinski definition) is 1. The van der Waals surface area contributed by atoms with Crippen molar-refractivity contribution in [3.8, 4) is 0 Å². The third kappa shape index (κ3) is 2.45. The Balaban J connectivity index is 1.57. The second kappa shape index (κ2) is 5.31. The average molecular weight is 331 g/mol. The Morgan fingerprint density at radius 1 is 1.33 bits per heavy atom. The number of carbonyl (C=O) groups is 1. The third-order valence-electron chi connectivity index (χ3n) is 4.80. The van der Waals surface area contributed by atoms with Crippen LogP contribution in [-0.2, 0) is 11.3 Å². The molecule has 3 heterocycles. The Labute approximate surface area is 137 Å². The van der Waals surface area contributed by atoms with Crippen LogP contribution in [-0.4, -0.2) is 53.2 Å². The molecule has 4 rings (SSSR count). The fourth-order valence-corrected chi connectivity index (χ4v) is 3.68. The molecule has 6 nitrogen and oxygen atoms in total. The molecule has 2 aliphatic rings. The number of carbonyl (C=O) groups excluding carboxylic acids is 1. The zero-order chi connectivity index (χ0) is 16.9. The molecule has 1 atom stereocenters. The molecule has 1 spiro atoms. The van der Waals surface area contributed by atoms with Gasteiger partial charge in [-0.1, -0.05) is 6.07 Å². The Morgan fingerprint density at radius 3 is 2.92 bits per heavy atom. The number of para-hydroxylation sites is 1. The number of halogens is 1. The number of amides is 1. The van der Waals surface area contributed by atoms with Crippen LogP contribution in [0.2, 0.25) is 0 Å². The molecule has 7 heteroatoms. The van der Waals surface area contributed by atoms with Crippen molar-refractivity contribution in [3.05, 3.63) is 46.0 Å². The first-order chi connectivity index (χ1) is 11.5. The number of nitrogens with one attached hydrogen (secondary N) is 1. The van der Waals surface area contributed by atoms with Crippen molar-refractivity contribution in [2.24, 2.45) is 0 Å². The summed E-state index contributed by atoms with van der Waals surface area (Å²) >= 11 is 0. The molecule has 0 saturated carbocycles. The van der Waals surface area contributed by atoms with E-state index in [0.717, 1.165) is 13.0 Å². The molecule has 2 fully saturated rings. The first-order valence-corrected chi connectivity index (χ1v) is 7.93. The van der Waals surface area contributed by atoms with E-state index in [1.54, 1.807) is 18.0 Å². The monoisotopic (exact) mass is 331 g/mol. The van der Waals surface area contributed by atoms with E-state index in [4.69, 9.17) is 4.74 Å². The van der Waals surface area contributed by atoms with E-state index in [1.807, 2.05) is 0 Å². The quantitative estimate of drug-likeness (QED) is 0.909. The fraction of sp³-hybridized carbons (Fsp3) is 0.412. The lowest BCUT2D eigenvalue weighted by molar-refractivity contribution is 0.0626. The fourth-order valence-electron chi connectivity index (χ4n) is 3.68. The Hall–Kier alpha value is -2.41. The Bertz CT molecular complexity index is 881. The van der Waals surface area contributed by atoms with E-state index in [0.29, 0.717) is 30.7 Å². The van der Waals surface area contributed by atoms with Gasteiger partial charge in [0.05, 0.1) is 12.1 Å². The zero-order valence-electron chi connectivity index (χ0n) is 13.3. The maximum atomic E-state index is 13.9. The van der Waals surface area contributed by atoms with Crippen LogP contribution in [0.3, 0.4) is 0 Å². The van der Waals surface area contributed by atoms with E-state index in [-0.39, 0.29) is 17.0 Å². The third-order valence-corrected chi connectivity index (χ3v) is 4.80. The van der Waals surface area contributed by atoms with Gasteiger partial charge < -0.3 is 14.6 Å². The predicted octanol–water partition coefficient (Wildman–Crippen LogP) is 1.69. The van der Waals surface area contributed by atoms with Crippen LogP contribution in [0.5, 0.6) is 0 Å². The number of nitrogens with zero attached hydrogens (tertiary/aromatic N) is 2. The van der Waals surface area contributed by atoms with E-state index in [2.05, 4.69) is 9.88 Å². The second-order valence-corrected chi connectivity index (χ2v) is 6.69. The van der Waals surface area contributed by atoms with Crippen LogP contribution < -0.4 is 5.43 Å². The van der Waals surface area contributed by atoms with Crippen LogP contribution in [0.15, 0.2) is 29.1 Å². The molecule has 24 heavy (non-hydrogen) atoms. The highest BCUT2D eigenvalue weighted by molar-refractivity contribution is 5.78. The van der Waals surface area contributed by atoms with Crippen molar-refractivity contribution in [1.82, 2.24) is 14.8 Å². The SMILES string of the molecule is CN1C[C@]2(CCN(Cc3cc(=O)c4cccc(F)c4[nH]3)C2)OC1=O. The Kier molecular flexibility index (Phi) is 3.35. The van der Waals surface area contributed by atoms with E-state index in [1.165, 1.54) is 18.2 Å². The van der Waals surface area contributed by atoms with Gasteiger partial charge in [-0.15, -0.1) is 0 Å². The summed E-state index contributed by atoms with van der Waals surface area (Å²) in [7, 11) is 1.73. The molecule has 0 radical (unpaired) electrons. The number of fused-ring (bicyclic) bond motifs is 1. The molecular weight excluding hydrogens is 313 g/mol. The minimum atomic E-state index is -0.464. The largest absolute Gasteiger partial charge is 0.439 e. The summed E-state index contributed by atoms with van der Waals surface area (Å²) in [6.07, 6.45) is 0.466. The van der Waals surface area contributed by atoms with Crippen molar-refractivity contribution in [2.45, 2.75) is 18.6 Å². The summed E-state index contributed by atoms with van der Waals surface area (Å²) in [5, 5.41) is 0.350. The summed E-state index contributed by atoms with van der Waals surface area (Å²) in [6.45, 7) is 2.44. The maximum Gasteiger partial charge on any atom is 0.410 e. The van der Waals surface area contributed by atoms with Gasteiger partial charge >= 0.3 is 6.09 Å². The van der Waals surface area contributed by atoms with Gasteiger partial charge in [0, 0.05) is 50.2 Å². The van der Waals surface area contributed by atoms with Crippen LogP contribution in [0, 0.1) is 5.82 Å². The summed E-state index contributed by atoms with van der Waals surface area (Å²) < 4.78 is 19.5. The number of hydrogen-bond acceptors (Lipinski definition) is 4. The summed E-state index contributed by atoms with van der Waals surface area (Å²) in [5.74, 6) is -0.435. The molecule has 2 aromatic rings. The smallest absolute Gasteiger partial charge is 0.410 e. The van der Waals surface area contributed by atoms with Gasteiger partial charge in [0.1, 0.15) is 11.4 Å². The lowest BCUT2D eigenvalue weighted by atomic mass is 10.0. The standard InChI is InChI=1S/C17H18FN3O3/c1-20-9-17(24-16(20)23)5-6-21(10-17)8-11-7-14(22)12-3-2-4-13(18)15(12)19-11/h2-4,7H,5-6,8-10H2,1H3,(H,19,22)/t17-/m0/s1. The number of likely N-dealkylation sites (N-methyl/N-ethyl adjacent to an activating group) is 1. The van der Waals surface area contributed by atoms with Gasteiger partial charge in [-0.05, 0) is 12.1 Å². The van der Waals surface area contributed by atoms with Crippen LogP contribution in [0.4, 0.5) is 9.18 Å². The number of benzene rings is 1. The summed E-state index contributed by atoms with van der Waals surface area (Å²) in [5.41, 5.74) is 0.237. The van der Waals surface area contributed by atoms with Gasteiger partial charge in [-0.25, -0.2) is 9.18 Å². The number of likely N-dealkylation sites (tertiary alicyclic amines) is 1. The molecule has 1 aromatic heterocycles. The molecule has 2 saturated heterocycles. The molecule has 1 aromatic carbocycles. The number of pyridine rings is 1. The first-order valence-electron chi connectivity index (χ1n) is 7.93. The molecular formula is C17H18FN3O3. The second-order valence-electron chi connectivity index (χ2n) is 6.69. The highest BCUT2D eigenvalue weighted by Gasteiger charge is 2.48. The number of ether oxygens (including phenoxy) is 1. The number of aromatic nitrogens is 1. The van der Waals surface area contributed by atoms with Gasteiger partial charge in [-0.2, -0.15) is 0 Å². The maximum absolute atomic E-state index is 13.9. The van der Waals surface area contributed by atoms with Crippen LogP contribution in [0.25, 0.3) is 10.9 Å². The van der Waals surface area contributed by atoms with Crippen LogP contribution in [0.1, 0.15) is 12.1 Å².